The second kappa shape index (κ2) is 5.83. The number of hydrogen-bond donors (Lipinski definition) is 1. The number of halogens is 1. The Morgan fingerprint density at radius 1 is 1.22 bits per heavy atom. The van der Waals surface area contributed by atoms with E-state index in [0.717, 1.165) is 34.9 Å². The molecule has 0 atom stereocenters. The molecule has 0 saturated heterocycles. The standard InChI is InChI=1S/C14H16ClN3/c1-2-4-12-9-13(16)18-14(17-12)8-10-5-3-6-11(15)7-10/h3,5-7,9H,2,4,8H2,1H3,(H2,16,17,18). The molecule has 2 N–H and O–H groups in total. The van der Waals surface area contributed by atoms with Crippen molar-refractivity contribution in [2.45, 2.75) is 26.2 Å². The summed E-state index contributed by atoms with van der Waals surface area (Å²) >= 11 is 5.96. The third-order valence-corrected chi connectivity index (χ3v) is 2.84. The second-order valence-corrected chi connectivity index (χ2v) is 4.69. The summed E-state index contributed by atoms with van der Waals surface area (Å²) in [5.74, 6) is 1.28. The van der Waals surface area contributed by atoms with Gasteiger partial charge < -0.3 is 5.73 Å². The summed E-state index contributed by atoms with van der Waals surface area (Å²) in [4.78, 5) is 8.78. The lowest BCUT2D eigenvalue weighted by Crippen LogP contribution is -2.04. The molecule has 0 unspecified atom stereocenters. The highest BCUT2D eigenvalue weighted by Crippen LogP contribution is 2.14. The van der Waals surface area contributed by atoms with E-state index in [2.05, 4.69) is 16.9 Å². The van der Waals surface area contributed by atoms with Gasteiger partial charge in [0.25, 0.3) is 0 Å². The first-order valence-electron chi connectivity index (χ1n) is 6.04. The molecular weight excluding hydrogens is 246 g/mol. The Hall–Kier alpha value is -1.61. The number of anilines is 1. The van der Waals surface area contributed by atoms with Crippen LogP contribution in [-0.4, -0.2) is 9.97 Å². The van der Waals surface area contributed by atoms with E-state index in [1.807, 2.05) is 30.3 Å². The van der Waals surface area contributed by atoms with E-state index >= 15 is 0 Å². The summed E-state index contributed by atoms with van der Waals surface area (Å²) in [7, 11) is 0. The predicted molar refractivity (Wildman–Crippen MR) is 74.7 cm³/mol. The molecule has 2 aromatic rings. The van der Waals surface area contributed by atoms with Crippen molar-refractivity contribution in [1.82, 2.24) is 9.97 Å². The average molecular weight is 262 g/mol. The zero-order valence-corrected chi connectivity index (χ0v) is 11.1. The van der Waals surface area contributed by atoms with E-state index in [1.165, 1.54) is 0 Å². The Balaban J connectivity index is 2.23. The lowest BCUT2D eigenvalue weighted by atomic mass is 10.1. The number of aromatic nitrogens is 2. The minimum Gasteiger partial charge on any atom is -0.384 e. The summed E-state index contributed by atoms with van der Waals surface area (Å²) in [5.41, 5.74) is 7.89. The largest absolute Gasteiger partial charge is 0.384 e. The van der Waals surface area contributed by atoms with Crippen molar-refractivity contribution in [3.05, 3.63) is 52.4 Å². The molecule has 0 amide bonds. The Morgan fingerprint density at radius 3 is 2.78 bits per heavy atom. The van der Waals surface area contributed by atoms with E-state index in [-0.39, 0.29) is 0 Å². The number of nitrogens with zero attached hydrogens (tertiary/aromatic N) is 2. The molecule has 0 bridgehead atoms. The van der Waals surface area contributed by atoms with Crippen molar-refractivity contribution in [2.75, 3.05) is 5.73 Å². The minimum absolute atomic E-state index is 0.533. The van der Waals surface area contributed by atoms with E-state index in [4.69, 9.17) is 17.3 Å². The number of nitrogen functional groups attached to an aromatic ring is 1. The molecule has 0 aliphatic heterocycles. The highest BCUT2D eigenvalue weighted by Gasteiger charge is 2.04. The molecule has 18 heavy (non-hydrogen) atoms. The van der Waals surface area contributed by atoms with Crippen LogP contribution in [-0.2, 0) is 12.8 Å². The zero-order chi connectivity index (χ0) is 13.0. The fourth-order valence-electron chi connectivity index (χ4n) is 1.87. The quantitative estimate of drug-likeness (QED) is 0.919. The fourth-order valence-corrected chi connectivity index (χ4v) is 2.08. The van der Waals surface area contributed by atoms with Crippen LogP contribution in [0.5, 0.6) is 0 Å². The van der Waals surface area contributed by atoms with Gasteiger partial charge in [0.1, 0.15) is 11.6 Å². The van der Waals surface area contributed by atoms with Crippen LogP contribution in [0.1, 0.15) is 30.4 Å². The number of rotatable bonds is 4. The van der Waals surface area contributed by atoms with Crippen LogP contribution < -0.4 is 5.73 Å². The molecule has 0 saturated carbocycles. The topological polar surface area (TPSA) is 51.8 Å². The van der Waals surface area contributed by atoms with Gasteiger partial charge in [-0.3, -0.25) is 0 Å². The maximum Gasteiger partial charge on any atom is 0.135 e. The molecule has 0 fully saturated rings. The van der Waals surface area contributed by atoms with Crippen LogP contribution in [0.2, 0.25) is 5.02 Å². The summed E-state index contributed by atoms with van der Waals surface area (Å²) < 4.78 is 0. The third-order valence-electron chi connectivity index (χ3n) is 2.60. The third kappa shape index (κ3) is 3.44. The molecule has 0 aliphatic rings. The molecule has 1 aromatic heterocycles. The predicted octanol–water partition coefficient (Wildman–Crippen LogP) is 3.26. The maximum absolute atomic E-state index is 5.96. The Morgan fingerprint density at radius 2 is 2.06 bits per heavy atom. The van der Waals surface area contributed by atoms with E-state index < -0.39 is 0 Å². The van der Waals surface area contributed by atoms with Gasteiger partial charge in [-0.15, -0.1) is 0 Å². The Kier molecular flexibility index (Phi) is 4.15. The molecular formula is C14H16ClN3. The molecule has 1 aromatic carbocycles. The first-order chi connectivity index (χ1) is 8.67. The van der Waals surface area contributed by atoms with E-state index in [0.29, 0.717) is 12.2 Å². The monoisotopic (exact) mass is 261 g/mol. The van der Waals surface area contributed by atoms with Gasteiger partial charge in [-0.05, 0) is 24.1 Å². The summed E-state index contributed by atoms with van der Waals surface area (Å²) in [6.45, 7) is 2.12. The average Bonchev–Trinajstić information content (AvgIpc) is 2.28. The van der Waals surface area contributed by atoms with Crippen molar-refractivity contribution in [3.63, 3.8) is 0 Å². The lowest BCUT2D eigenvalue weighted by molar-refractivity contribution is 0.844. The normalized spacial score (nSPS) is 10.6. The van der Waals surface area contributed by atoms with E-state index in [1.54, 1.807) is 0 Å². The molecule has 0 aliphatic carbocycles. The molecule has 2 rings (SSSR count). The Labute approximate surface area is 112 Å². The first kappa shape index (κ1) is 12.8. The minimum atomic E-state index is 0.533. The van der Waals surface area contributed by atoms with Gasteiger partial charge in [0.15, 0.2) is 0 Å². The van der Waals surface area contributed by atoms with Gasteiger partial charge >= 0.3 is 0 Å². The summed E-state index contributed by atoms with van der Waals surface area (Å²) in [5, 5.41) is 0.727. The Bertz CT molecular complexity index is 540. The van der Waals surface area contributed by atoms with Crippen molar-refractivity contribution >= 4 is 17.4 Å². The van der Waals surface area contributed by atoms with Crippen LogP contribution in [0.15, 0.2) is 30.3 Å². The summed E-state index contributed by atoms with van der Waals surface area (Å²) in [6, 6.07) is 9.56. The van der Waals surface area contributed by atoms with Gasteiger partial charge in [-0.2, -0.15) is 0 Å². The van der Waals surface area contributed by atoms with Crippen molar-refractivity contribution < 1.29 is 0 Å². The van der Waals surface area contributed by atoms with Crippen molar-refractivity contribution in [1.29, 1.82) is 0 Å². The molecule has 0 radical (unpaired) electrons. The van der Waals surface area contributed by atoms with Crippen molar-refractivity contribution in [3.8, 4) is 0 Å². The number of aryl methyl sites for hydroxylation is 1. The lowest BCUT2D eigenvalue weighted by Gasteiger charge is -2.05. The number of benzene rings is 1. The molecule has 4 heteroatoms. The molecule has 0 spiro atoms. The zero-order valence-electron chi connectivity index (χ0n) is 10.4. The van der Waals surface area contributed by atoms with Crippen LogP contribution in [0.25, 0.3) is 0 Å². The van der Waals surface area contributed by atoms with Gasteiger partial charge in [0.2, 0.25) is 0 Å². The highest BCUT2D eigenvalue weighted by molar-refractivity contribution is 6.30. The fraction of sp³-hybridized carbons (Fsp3) is 0.286. The van der Waals surface area contributed by atoms with Gasteiger partial charge in [0.05, 0.1) is 0 Å². The first-order valence-corrected chi connectivity index (χ1v) is 6.42. The molecule has 3 nitrogen and oxygen atoms in total. The van der Waals surface area contributed by atoms with Crippen LogP contribution in [0.3, 0.4) is 0 Å². The van der Waals surface area contributed by atoms with Crippen LogP contribution in [0, 0.1) is 0 Å². The smallest absolute Gasteiger partial charge is 0.135 e. The van der Waals surface area contributed by atoms with Gasteiger partial charge in [-0.25, -0.2) is 9.97 Å². The second-order valence-electron chi connectivity index (χ2n) is 4.26. The molecule has 1 heterocycles. The van der Waals surface area contributed by atoms with Gasteiger partial charge in [-0.1, -0.05) is 37.1 Å². The molecule has 94 valence electrons. The van der Waals surface area contributed by atoms with Gasteiger partial charge in [0, 0.05) is 23.2 Å². The van der Waals surface area contributed by atoms with Crippen LogP contribution >= 0.6 is 11.6 Å². The number of nitrogens with two attached hydrogens (primary N) is 1. The van der Waals surface area contributed by atoms with Crippen molar-refractivity contribution in [2.24, 2.45) is 0 Å². The van der Waals surface area contributed by atoms with Crippen LogP contribution in [0.4, 0.5) is 5.82 Å². The van der Waals surface area contributed by atoms with E-state index in [9.17, 15) is 0 Å². The highest BCUT2D eigenvalue weighted by atomic mass is 35.5. The summed E-state index contributed by atoms with van der Waals surface area (Å²) in [6.07, 6.45) is 2.63. The SMILES string of the molecule is CCCc1cc(N)nc(Cc2cccc(Cl)c2)n1. The maximum atomic E-state index is 5.96. The number of hydrogen-bond acceptors (Lipinski definition) is 3.